The minimum Gasteiger partial charge on any atom is -0.398 e. The van der Waals surface area contributed by atoms with Crippen LogP contribution in [0.5, 0.6) is 0 Å². The first kappa shape index (κ1) is 27.1. The number of benzene rings is 2. The maximum absolute atomic E-state index is 13.3. The van der Waals surface area contributed by atoms with Gasteiger partial charge in [-0.15, -0.1) is 11.3 Å². The van der Waals surface area contributed by atoms with Crippen LogP contribution in [0.25, 0.3) is 10.6 Å². The highest BCUT2D eigenvalue weighted by Gasteiger charge is 2.38. The lowest BCUT2D eigenvalue weighted by atomic mass is 9.96. The molecule has 0 saturated carbocycles. The average molecular weight is 572 g/mol. The predicted octanol–water partition coefficient (Wildman–Crippen LogP) is 4.83. The molecule has 0 aliphatic carbocycles. The fraction of sp³-hybridized carbons (Fsp3) is 0.0833. The van der Waals surface area contributed by atoms with Gasteiger partial charge in [0.2, 0.25) is 5.71 Å². The van der Waals surface area contributed by atoms with Crippen LogP contribution in [-0.4, -0.2) is 19.1 Å². The largest absolute Gasteiger partial charge is 0.416 e. The van der Waals surface area contributed by atoms with Crippen LogP contribution in [-0.2, 0) is 22.4 Å². The Morgan fingerprint density at radius 2 is 1.55 bits per heavy atom. The van der Waals surface area contributed by atoms with Crippen LogP contribution in [0.15, 0.2) is 77.1 Å². The first-order chi connectivity index (χ1) is 17.6. The Bertz CT molecular complexity index is 1580. The summed E-state index contributed by atoms with van der Waals surface area (Å²) in [6, 6.07) is 12.7. The van der Waals surface area contributed by atoms with E-state index in [0.717, 1.165) is 17.4 Å². The van der Waals surface area contributed by atoms with Crippen LogP contribution in [0, 0.1) is 0 Å². The first-order valence-electron chi connectivity index (χ1n) is 10.5. The van der Waals surface area contributed by atoms with Gasteiger partial charge in [0.05, 0.1) is 27.3 Å². The zero-order valence-corrected chi connectivity index (χ0v) is 20.6. The second-order valence-electron chi connectivity index (χ2n) is 7.95. The van der Waals surface area contributed by atoms with E-state index in [-0.39, 0.29) is 27.2 Å². The third-order valence-electron chi connectivity index (χ3n) is 5.26. The Hall–Kier alpha value is -3.91. The zero-order valence-electron chi connectivity index (χ0n) is 18.9. The van der Waals surface area contributed by atoms with Crippen molar-refractivity contribution in [1.29, 1.82) is 0 Å². The van der Waals surface area contributed by atoms with Crippen molar-refractivity contribution in [3.63, 3.8) is 0 Å². The number of rotatable bonds is 6. The van der Waals surface area contributed by atoms with Gasteiger partial charge in [0.1, 0.15) is 4.21 Å². The van der Waals surface area contributed by atoms with E-state index in [1.807, 2.05) is 0 Å². The summed E-state index contributed by atoms with van der Waals surface area (Å²) in [6.45, 7) is 0. The molecule has 0 fully saturated rings. The molecule has 0 unspecified atom stereocenters. The number of hydrogen-bond donors (Lipinski definition) is 3. The van der Waals surface area contributed by atoms with Gasteiger partial charge in [-0.05, 0) is 60.7 Å². The van der Waals surface area contributed by atoms with Gasteiger partial charge in [0.25, 0.3) is 10.0 Å². The Labute approximate surface area is 216 Å². The summed E-state index contributed by atoms with van der Waals surface area (Å²) in [6.07, 6.45) is -8.59. The van der Waals surface area contributed by atoms with Gasteiger partial charge in [0.15, 0.2) is 0 Å². The van der Waals surface area contributed by atoms with Crippen LogP contribution in [0.2, 0.25) is 0 Å². The van der Waals surface area contributed by atoms with Gasteiger partial charge < -0.3 is 5.73 Å². The summed E-state index contributed by atoms with van der Waals surface area (Å²) in [7, 11) is -4.12. The number of thiophene rings is 1. The molecule has 2 aromatic carbocycles. The molecule has 0 spiro atoms. The van der Waals surface area contributed by atoms with Gasteiger partial charge in [-0.1, -0.05) is 6.07 Å². The summed E-state index contributed by atoms with van der Waals surface area (Å²) in [5, 5.41) is 5.97. The van der Waals surface area contributed by atoms with E-state index >= 15 is 0 Å². The quantitative estimate of drug-likeness (QED) is 0.175. The molecular weight excluding hydrogens is 554 g/mol. The molecule has 38 heavy (non-hydrogen) atoms. The number of nitrogen functional groups attached to an aromatic ring is 1. The monoisotopic (exact) mass is 571 g/mol. The number of aromatic nitrogens is 1. The highest BCUT2D eigenvalue weighted by Crippen LogP contribution is 2.37. The number of nitrogens with two attached hydrogens (primary N) is 2. The molecule has 6 nitrogen and oxygen atoms in total. The lowest BCUT2D eigenvalue weighted by molar-refractivity contribution is -0.143. The van der Waals surface area contributed by atoms with E-state index in [4.69, 9.17) is 11.1 Å². The first-order valence-corrected chi connectivity index (χ1v) is 12.8. The summed E-state index contributed by atoms with van der Waals surface area (Å²) < 4.78 is 108. The molecule has 198 valence electrons. The zero-order chi connectivity index (χ0) is 27.9. The molecule has 2 heterocycles. The average Bonchev–Trinajstić information content (AvgIpc) is 3.35. The summed E-state index contributed by atoms with van der Waals surface area (Å²) in [4.78, 5) is 4.75. The molecule has 0 aliphatic rings. The number of nitrogens with one attached hydrogen (secondary N) is 1. The van der Waals surface area contributed by atoms with Crippen molar-refractivity contribution in [2.45, 2.75) is 16.6 Å². The van der Waals surface area contributed by atoms with Crippen LogP contribution in [0.4, 0.5) is 37.7 Å². The van der Waals surface area contributed by atoms with E-state index in [2.05, 4.69) is 9.71 Å². The molecule has 4 rings (SSSR count). The molecule has 4 aromatic rings. The maximum atomic E-state index is 13.3. The highest BCUT2D eigenvalue weighted by molar-refractivity contribution is 7.94. The van der Waals surface area contributed by atoms with Crippen LogP contribution < -0.4 is 15.9 Å². The van der Waals surface area contributed by atoms with Crippen molar-refractivity contribution in [1.82, 2.24) is 4.98 Å². The summed E-state index contributed by atoms with van der Waals surface area (Å²) >= 11 is 0.950. The number of hydrogen-bond acceptors (Lipinski definition) is 5. The molecule has 0 amide bonds. The fourth-order valence-corrected chi connectivity index (χ4v) is 5.77. The van der Waals surface area contributed by atoms with Crippen molar-refractivity contribution in [2.75, 3.05) is 10.5 Å². The Morgan fingerprint density at radius 3 is 2.13 bits per heavy atom. The van der Waals surface area contributed by atoms with E-state index in [1.165, 1.54) is 18.2 Å². The normalized spacial score (nSPS) is 12.4. The van der Waals surface area contributed by atoms with Gasteiger partial charge in [-0.3, -0.25) is 15.1 Å². The van der Waals surface area contributed by atoms with E-state index in [1.54, 1.807) is 30.5 Å². The van der Waals surface area contributed by atoms with Gasteiger partial charge in [0, 0.05) is 23.1 Å². The lowest BCUT2D eigenvalue weighted by Crippen LogP contribution is -2.41. The van der Waals surface area contributed by atoms with Crippen molar-refractivity contribution >= 4 is 38.4 Å². The Morgan fingerprint density at radius 1 is 0.895 bits per heavy atom. The van der Waals surface area contributed by atoms with Crippen molar-refractivity contribution in [3.8, 4) is 10.6 Å². The summed E-state index contributed by atoms with van der Waals surface area (Å²) in [5.41, 5.74) is 1.95. The second-order valence-corrected chi connectivity index (χ2v) is 10.9. The van der Waals surface area contributed by atoms with Crippen molar-refractivity contribution in [3.05, 3.63) is 95.2 Å². The minimum atomic E-state index is -5.08. The van der Waals surface area contributed by atoms with Crippen LogP contribution in [0.1, 0.15) is 22.3 Å². The lowest BCUT2D eigenvalue weighted by Gasteiger charge is -2.14. The molecule has 14 heteroatoms. The van der Waals surface area contributed by atoms with Gasteiger partial charge in [-0.25, -0.2) is 8.42 Å². The van der Waals surface area contributed by atoms with E-state index in [9.17, 15) is 34.8 Å². The molecule has 5 N–H and O–H groups in total. The van der Waals surface area contributed by atoms with E-state index in [0.29, 0.717) is 22.7 Å². The fourth-order valence-electron chi connectivity index (χ4n) is 3.44. The second kappa shape index (κ2) is 9.76. The Kier molecular flexibility index (Phi) is 6.97. The topological polar surface area (TPSA) is 111 Å². The maximum Gasteiger partial charge on any atom is 0.416 e. The third-order valence-corrected chi connectivity index (χ3v) is 8.24. The van der Waals surface area contributed by atoms with Crippen molar-refractivity contribution in [2.24, 2.45) is 0 Å². The standard InChI is InChI=1S/C24H16F6N4O2S2/c25-23(26,27)14-9-13(10-15(11-14)24(28,29)30)22(32)17-12-16(4-5-18(17)31)34-38(35,36)21-7-6-20(37-21)19-3-1-2-8-33-19/h1-12,32,34H,31H2/p+1. The van der Waals surface area contributed by atoms with Crippen LogP contribution in [0.3, 0.4) is 0 Å². The predicted molar refractivity (Wildman–Crippen MR) is 131 cm³/mol. The number of anilines is 2. The molecule has 0 aliphatic heterocycles. The third kappa shape index (κ3) is 5.81. The summed E-state index contributed by atoms with van der Waals surface area (Å²) in [5.74, 6) is 0. The smallest absolute Gasteiger partial charge is 0.398 e. The number of sulfonamides is 1. The number of alkyl halides is 6. The number of pyridine rings is 1. The van der Waals surface area contributed by atoms with Gasteiger partial charge >= 0.3 is 12.4 Å². The van der Waals surface area contributed by atoms with Crippen LogP contribution >= 0.6 is 11.3 Å². The number of nitrogens with zero attached hydrogens (tertiary/aromatic N) is 1. The molecule has 2 aromatic heterocycles. The highest BCUT2D eigenvalue weighted by atomic mass is 32.2. The molecule has 0 saturated heterocycles. The van der Waals surface area contributed by atoms with Crippen molar-refractivity contribution < 1.29 is 40.2 Å². The molecule has 0 bridgehead atoms. The van der Waals surface area contributed by atoms with Gasteiger partial charge in [-0.2, -0.15) is 26.3 Å². The molecule has 0 radical (unpaired) electrons. The van der Waals surface area contributed by atoms with E-state index < -0.39 is 44.8 Å². The SMILES string of the molecule is Nc1ccc(NS(=O)(=O)c2ccc(-c3ccccn3)s2)cc1C(=[NH2+])c1cc(C(F)(F)F)cc(C(F)(F)F)c1. The number of halogens is 6. The minimum absolute atomic E-state index is 0.0229. The Balaban J connectivity index is 1.68. The molecule has 0 atom stereocenters. The molecular formula is C24H17F6N4O2S2+.